The molecule has 0 spiro atoms. The highest BCUT2D eigenvalue weighted by molar-refractivity contribution is 7.47. The number of phosphoric ester groups is 2. The van der Waals surface area contributed by atoms with Crippen LogP contribution in [0.1, 0.15) is 305 Å². The number of carbonyl (C=O) groups excluding carboxylic acids is 4. The fourth-order valence-electron chi connectivity index (χ4n) is 9.44. The number of hydrogen-bond acceptors (Lipinski definition) is 15. The van der Waals surface area contributed by atoms with E-state index < -0.39 is 97.5 Å². The standard InChI is InChI=1S/C67H126O17P2/c1-8-10-11-12-13-14-15-16-17-18-19-22-26-36-43-50-66(71)83-62(55-78-65(70)49-42-35-30-28-33-40-47-60(7)9-2)56-81-85(73,74)79-52-61(68)53-80-86(75,76)82-57-63(84-67(72)51-44-37-29-27-32-39-46-59(5)6)54-77-64(69)48-41-34-25-23-20-21-24-31-38-45-58(3)4/h14-17,58-63,68H,8-13,18-57H2,1-7H3,(H,73,74)(H,75,76)/b15-14-,17-16-/t60?,61-,62+,63+/m0/s1. The predicted octanol–water partition coefficient (Wildman–Crippen LogP) is 18.2. The van der Waals surface area contributed by atoms with Gasteiger partial charge in [0.1, 0.15) is 19.3 Å². The highest BCUT2D eigenvalue weighted by atomic mass is 31.2. The molecule has 0 aromatic carbocycles. The summed E-state index contributed by atoms with van der Waals surface area (Å²) in [5.74, 6) is -0.0303. The number of unbranched alkanes of at least 4 members (excludes halogenated alkanes) is 27. The van der Waals surface area contributed by atoms with Crippen LogP contribution in [0.5, 0.6) is 0 Å². The van der Waals surface area contributed by atoms with E-state index in [2.05, 4.69) is 72.8 Å². The number of aliphatic hydroxyl groups excluding tert-OH is 1. The van der Waals surface area contributed by atoms with Crippen LogP contribution in [0.4, 0.5) is 0 Å². The molecule has 0 radical (unpaired) electrons. The average Bonchev–Trinajstić information content (AvgIpc) is 3.65. The number of aliphatic hydroxyl groups is 1. The van der Waals surface area contributed by atoms with E-state index in [1.165, 1.54) is 96.3 Å². The van der Waals surface area contributed by atoms with Gasteiger partial charge < -0.3 is 33.8 Å². The SMILES string of the molecule is CCCCCC/C=C\C=C/CCCCCCCC(=O)O[C@H](COC(=O)CCCCCCCCC(C)CC)COP(=O)(O)OC[C@H](O)COP(=O)(O)OC[C@@H](COC(=O)CCCCCCCCCCCC(C)C)OC(=O)CCCCCCCCC(C)C. The fraction of sp³-hybridized carbons (Fsp3) is 0.881. The molecule has 0 bridgehead atoms. The number of phosphoric acid groups is 2. The van der Waals surface area contributed by atoms with Crippen LogP contribution in [-0.4, -0.2) is 96.7 Å². The molecule has 0 aliphatic heterocycles. The van der Waals surface area contributed by atoms with Gasteiger partial charge in [-0.1, -0.05) is 253 Å². The Kier molecular flexibility index (Phi) is 56.0. The van der Waals surface area contributed by atoms with E-state index in [1.807, 2.05) is 0 Å². The lowest BCUT2D eigenvalue weighted by molar-refractivity contribution is -0.161. The molecule has 0 aliphatic rings. The first-order valence-electron chi connectivity index (χ1n) is 34.2. The summed E-state index contributed by atoms with van der Waals surface area (Å²) in [7, 11) is -9.91. The van der Waals surface area contributed by atoms with Gasteiger partial charge in [-0.15, -0.1) is 0 Å². The minimum atomic E-state index is -4.96. The molecule has 506 valence electrons. The molecule has 0 rings (SSSR count). The van der Waals surface area contributed by atoms with Gasteiger partial charge in [0.2, 0.25) is 0 Å². The van der Waals surface area contributed by atoms with Gasteiger partial charge in [0.15, 0.2) is 12.2 Å². The average molecular weight is 1270 g/mol. The Balaban J connectivity index is 5.27. The van der Waals surface area contributed by atoms with Gasteiger partial charge in [0.05, 0.1) is 26.4 Å². The first-order valence-corrected chi connectivity index (χ1v) is 37.2. The fourth-order valence-corrected chi connectivity index (χ4v) is 11.0. The molecule has 86 heavy (non-hydrogen) atoms. The quantitative estimate of drug-likeness (QED) is 0.0169. The van der Waals surface area contributed by atoms with Gasteiger partial charge in [-0.3, -0.25) is 37.3 Å². The van der Waals surface area contributed by atoms with E-state index in [0.29, 0.717) is 31.6 Å². The van der Waals surface area contributed by atoms with E-state index in [4.69, 9.17) is 37.0 Å². The third kappa shape index (κ3) is 59.2. The number of esters is 4. The highest BCUT2D eigenvalue weighted by Gasteiger charge is 2.30. The molecule has 0 saturated heterocycles. The van der Waals surface area contributed by atoms with Crippen molar-refractivity contribution in [2.24, 2.45) is 17.8 Å². The second-order valence-corrected chi connectivity index (χ2v) is 27.6. The van der Waals surface area contributed by atoms with E-state index in [0.717, 1.165) is 121 Å². The van der Waals surface area contributed by atoms with Gasteiger partial charge in [0.25, 0.3) is 0 Å². The molecule has 19 heteroatoms. The smallest absolute Gasteiger partial charge is 0.462 e. The Bertz CT molecular complexity index is 1790. The van der Waals surface area contributed by atoms with Crippen LogP contribution >= 0.6 is 15.6 Å². The number of allylic oxidation sites excluding steroid dienone is 4. The largest absolute Gasteiger partial charge is 0.472 e. The van der Waals surface area contributed by atoms with Crippen LogP contribution in [0.3, 0.4) is 0 Å². The van der Waals surface area contributed by atoms with Crippen molar-refractivity contribution in [2.75, 3.05) is 39.6 Å². The topological polar surface area (TPSA) is 237 Å². The van der Waals surface area contributed by atoms with Crippen LogP contribution in [-0.2, 0) is 65.4 Å². The van der Waals surface area contributed by atoms with Crippen molar-refractivity contribution in [1.29, 1.82) is 0 Å². The summed E-state index contributed by atoms with van der Waals surface area (Å²) in [6.07, 6.45) is 42.7. The molecule has 0 saturated carbocycles. The first-order chi connectivity index (χ1) is 41.3. The summed E-state index contributed by atoms with van der Waals surface area (Å²) in [6.45, 7) is 11.6. The Labute approximate surface area is 522 Å². The molecule has 17 nitrogen and oxygen atoms in total. The van der Waals surface area contributed by atoms with Gasteiger partial charge in [-0.25, -0.2) is 9.13 Å². The number of ether oxygens (including phenoxy) is 4. The second-order valence-electron chi connectivity index (χ2n) is 24.7. The zero-order chi connectivity index (χ0) is 63.8. The van der Waals surface area contributed by atoms with Crippen molar-refractivity contribution < 1.29 is 80.2 Å². The lowest BCUT2D eigenvalue weighted by Crippen LogP contribution is -2.30. The maximum absolute atomic E-state index is 13.0. The first kappa shape index (κ1) is 83.5. The third-order valence-electron chi connectivity index (χ3n) is 15.1. The molecule has 3 N–H and O–H groups in total. The van der Waals surface area contributed by atoms with Crippen molar-refractivity contribution in [3.05, 3.63) is 24.3 Å². The number of carbonyl (C=O) groups is 4. The monoisotopic (exact) mass is 1260 g/mol. The van der Waals surface area contributed by atoms with Crippen LogP contribution in [0.15, 0.2) is 24.3 Å². The molecule has 3 unspecified atom stereocenters. The van der Waals surface area contributed by atoms with E-state index in [1.54, 1.807) is 0 Å². The summed E-state index contributed by atoms with van der Waals surface area (Å²) >= 11 is 0. The molecular weight excluding hydrogens is 1140 g/mol. The van der Waals surface area contributed by atoms with E-state index in [9.17, 15) is 43.2 Å². The lowest BCUT2D eigenvalue weighted by Gasteiger charge is -2.21. The summed E-state index contributed by atoms with van der Waals surface area (Å²) in [5, 5.41) is 10.5. The molecule has 0 heterocycles. The van der Waals surface area contributed by atoms with Crippen LogP contribution in [0, 0.1) is 17.8 Å². The Morgan fingerprint density at radius 2 is 0.686 bits per heavy atom. The third-order valence-corrected chi connectivity index (χ3v) is 17.0. The molecular formula is C67H126O17P2. The number of rotatable bonds is 63. The van der Waals surface area contributed by atoms with Crippen molar-refractivity contribution >= 4 is 39.5 Å². The minimum Gasteiger partial charge on any atom is -0.462 e. The van der Waals surface area contributed by atoms with E-state index in [-0.39, 0.29) is 25.7 Å². The number of hydrogen-bond donors (Lipinski definition) is 3. The molecule has 6 atom stereocenters. The predicted molar refractivity (Wildman–Crippen MR) is 344 cm³/mol. The van der Waals surface area contributed by atoms with Crippen molar-refractivity contribution in [1.82, 2.24) is 0 Å². The van der Waals surface area contributed by atoms with Crippen molar-refractivity contribution in [3.63, 3.8) is 0 Å². The Hall–Kier alpha value is -2.46. The van der Waals surface area contributed by atoms with Crippen LogP contribution < -0.4 is 0 Å². The molecule has 0 aromatic rings. The van der Waals surface area contributed by atoms with Crippen molar-refractivity contribution in [2.45, 2.75) is 324 Å². The zero-order valence-corrected chi connectivity index (χ0v) is 57.0. The van der Waals surface area contributed by atoms with Gasteiger partial charge in [-0.2, -0.15) is 0 Å². The van der Waals surface area contributed by atoms with Crippen molar-refractivity contribution in [3.8, 4) is 0 Å². The van der Waals surface area contributed by atoms with Gasteiger partial charge >= 0.3 is 39.5 Å². The maximum atomic E-state index is 13.0. The summed E-state index contributed by atoms with van der Waals surface area (Å²) in [6, 6.07) is 0. The molecule has 0 amide bonds. The van der Waals surface area contributed by atoms with Gasteiger partial charge in [-0.05, 0) is 69.1 Å². The molecule has 0 fully saturated rings. The second kappa shape index (κ2) is 57.7. The summed E-state index contributed by atoms with van der Waals surface area (Å²) in [4.78, 5) is 72.3. The maximum Gasteiger partial charge on any atom is 0.472 e. The molecule has 0 aromatic heterocycles. The molecule has 0 aliphatic carbocycles. The summed E-state index contributed by atoms with van der Waals surface area (Å²) in [5.41, 5.74) is 0. The van der Waals surface area contributed by atoms with Crippen LogP contribution in [0.2, 0.25) is 0 Å². The Morgan fingerprint density at radius 1 is 0.384 bits per heavy atom. The minimum absolute atomic E-state index is 0.0834. The lowest BCUT2D eigenvalue weighted by atomic mass is 10.00. The van der Waals surface area contributed by atoms with Crippen LogP contribution in [0.25, 0.3) is 0 Å². The van der Waals surface area contributed by atoms with E-state index >= 15 is 0 Å². The van der Waals surface area contributed by atoms with Gasteiger partial charge in [0, 0.05) is 25.7 Å². The normalized spacial score (nSPS) is 14.8. The zero-order valence-electron chi connectivity index (χ0n) is 55.3. The summed E-state index contributed by atoms with van der Waals surface area (Å²) < 4.78 is 68.0. The Morgan fingerprint density at radius 3 is 1.03 bits per heavy atom. The highest BCUT2D eigenvalue weighted by Crippen LogP contribution is 2.45.